The Hall–Kier alpha value is -2.21. The lowest BCUT2D eigenvalue weighted by Crippen LogP contribution is -2.59. The maximum Gasteiger partial charge on any atom is 0.245 e. The summed E-state index contributed by atoms with van der Waals surface area (Å²) in [4.78, 5) is 34.1. The third-order valence-electron chi connectivity index (χ3n) is 4.38. The molecule has 1 saturated heterocycles. The second kappa shape index (κ2) is 6.73. The average Bonchev–Trinajstić information content (AvgIpc) is 2.87. The number of hydrogen-bond acceptors (Lipinski definition) is 4. The fourth-order valence-corrected chi connectivity index (χ4v) is 3.85. The maximum atomic E-state index is 12.7. The number of benzene rings is 1. The maximum absolute atomic E-state index is 12.7. The lowest BCUT2D eigenvalue weighted by atomic mass is 10.0. The van der Waals surface area contributed by atoms with E-state index in [9.17, 15) is 9.59 Å². The summed E-state index contributed by atoms with van der Waals surface area (Å²) in [5.74, 6) is -0.0352. The average molecular weight is 343 g/mol. The fraction of sp³-hybridized carbons (Fsp3) is 0.389. The molecule has 1 fully saturated rings. The van der Waals surface area contributed by atoms with Crippen LogP contribution in [0.1, 0.15) is 21.1 Å². The van der Waals surface area contributed by atoms with Crippen molar-refractivity contribution in [1.82, 2.24) is 14.8 Å². The number of carbonyl (C=O) groups excluding carboxylic acids is 2. The number of nitrogens with zero attached hydrogens (tertiary/aromatic N) is 3. The van der Waals surface area contributed by atoms with Crippen molar-refractivity contribution in [1.29, 1.82) is 0 Å². The van der Waals surface area contributed by atoms with Crippen molar-refractivity contribution in [3.63, 3.8) is 0 Å². The van der Waals surface area contributed by atoms with Gasteiger partial charge in [-0.3, -0.25) is 9.59 Å². The van der Waals surface area contributed by atoms with Gasteiger partial charge in [-0.2, -0.15) is 0 Å². The lowest BCUT2D eigenvalue weighted by molar-refractivity contribution is -0.155. The van der Waals surface area contributed by atoms with Gasteiger partial charge >= 0.3 is 0 Å². The molecule has 126 valence electrons. The van der Waals surface area contributed by atoms with Crippen molar-refractivity contribution in [2.24, 2.45) is 0 Å². The summed E-state index contributed by atoms with van der Waals surface area (Å²) in [5, 5.41) is 0.883. The van der Waals surface area contributed by atoms with Crippen LogP contribution in [-0.4, -0.2) is 46.2 Å². The van der Waals surface area contributed by atoms with Crippen molar-refractivity contribution in [3.8, 4) is 0 Å². The van der Waals surface area contributed by atoms with E-state index < -0.39 is 6.04 Å². The highest BCUT2D eigenvalue weighted by Gasteiger charge is 2.38. The Bertz CT molecular complexity index is 737. The molecule has 0 N–H and O–H groups in total. The number of thiazole rings is 1. The van der Waals surface area contributed by atoms with Crippen molar-refractivity contribution in [2.75, 3.05) is 13.6 Å². The summed E-state index contributed by atoms with van der Waals surface area (Å²) in [6.07, 6.45) is 0.527. The third kappa shape index (κ3) is 3.33. The predicted octanol–water partition coefficient (Wildman–Crippen LogP) is 2.17. The van der Waals surface area contributed by atoms with E-state index in [1.54, 1.807) is 23.3 Å². The Morgan fingerprint density at radius 2 is 1.92 bits per heavy atom. The van der Waals surface area contributed by atoms with E-state index in [2.05, 4.69) is 4.98 Å². The molecular formula is C18H21N3O2S. The molecule has 1 aliphatic heterocycles. The topological polar surface area (TPSA) is 53.5 Å². The molecule has 2 aromatic rings. The number of carbonyl (C=O) groups is 2. The molecule has 1 aliphatic rings. The highest BCUT2D eigenvalue weighted by atomic mass is 32.1. The van der Waals surface area contributed by atoms with Crippen LogP contribution in [0.4, 0.5) is 0 Å². The molecule has 1 aromatic carbocycles. The van der Waals surface area contributed by atoms with Crippen LogP contribution in [0.5, 0.6) is 0 Å². The van der Waals surface area contributed by atoms with E-state index in [-0.39, 0.29) is 18.4 Å². The number of aromatic nitrogens is 1. The lowest BCUT2D eigenvalue weighted by Gasteiger charge is -2.38. The smallest absolute Gasteiger partial charge is 0.245 e. The SMILES string of the molecule is Cc1nc(CN2C(=O)CN(C)C(=O)[C@@H]2Cc2ccccc2)sc1C. The van der Waals surface area contributed by atoms with Gasteiger partial charge in [0.2, 0.25) is 11.8 Å². The van der Waals surface area contributed by atoms with Gasteiger partial charge in [0.05, 0.1) is 18.8 Å². The van der Waals surface area contributed by atoms with Crippen LogP contribution >= 0.6 is 11.3 Å². The Morgan fingerprint density at radius 1 is 1.21 bits per heavy atom. The molecule has 2 amide bonds. The second-order valence-electron chi connectivity index (χ2n) is 6.17. The number of likely N-dealkylation sites (N-methyl/N-ethyl adjacent to an activating group) is 1. The van der Waals surface area contributed by atoms with Gasteiger partial charge in [0.1, 0.15) is 11.0 Å². The standard InChI is InChI=1S/C18H21N3O2S/c1-12-13(2)24-16(19-12)10-21-15(9-14-7-5-4-6-8-14)18(23)20(3)11-17(21)22/h4-8,15H,9-11H2,1-3H3/t15-/m0/s1. The molecule has 3 rings (SSSR count). The molecule has 24 heavy (non-hydrogen) atoms. The summed E-state index contributed by atoms with van der Waals surface area (Å²) in [6.45, 7) is 4.52. The molecule has 2 heterocycles. The van der Waals surface area contributed by atoms with Crippen LogP contribution in [0.15, 0.2) is 30.3 Å². The number of amides is 2. The minimum Gasteiger partial charge on any atom is -0.335 e. The highest BCUT2D eigenvalue weighted by Crippen LogP contribution is 2.23. The van der Waals surface area contributed by atoms with Crippen LogP contribution in [0.2, 0.25) is 0 Å². The Kier molecular flexibility index (Phi) is 4.66. The minimum absolute atomic E-state index is 0.0107. The van der Waals surface area contributed by atoms with Crippen molar-refractivity contribution in [2.45, 2.75) is 32.9 Å². The van der Waals surface area contributed by atoms with Crippen LogP contribution < -0.4 is 0 Å². The number of aryl methyl sites for hydroxylation is 2. The Morgan fingerprint density at radius 3 is 2.54 bits per heavy atom. The number of hydrogen-bond donors (Lipinski definition) is 0. The van der Waals surface area contributed by atoms with Gasteiger partial charge in [-0.25, -0.2) is 4.98 Å². The predicted molar refractivity (Wildman–Crippen MR) is 93.7 cm³/mol. The van der Waals surface area contributed by atoms with Crippen LogP contribution in [0.3, 0.4) is 0 Å². The van der Waals surface area contributed by atoms with Gasteiger partial charge in [0.15, 0.2) is 0 Å². The summed E-state index contributed by atoms with van der Waals surface area (Å²) >= 11 is 1.59. The van der Waals surface area contributed by atoms with Crippen LogP contribution in [0, 0.1) is 13.8 Å². The molecule has 5 nitrogen and oxygen atoms in total. The zero-order chi connectivity index (χ0) is 17.3. The summed E-state index contributed by atoms with van der Waals surface area (Å²) < 4.78 is 0. The molecular weight excluding hydrogens is 322 g/mol. The largest absolute Gasteiger partial charge is 0.335 e. The van der Waals surface area contributed by atoms with E-state index in [4.69, 9.17) is 0 Å². The fourth-order valence-electron chi connectivity index (χ4n) is 2.92. The summed E-state index contributed by atoms with van der Waals surface area (Å²) in [6, 6.07) is 9.36. The van der Waals surface area contributed by atoms with E-state index in [1.807, 2.05) is 44.2 Å². The molecule has 1 aromatic heterocycles. The monoisotopic (exact) mass is 343 g/mol. The molecule has 6 heteroatoms. The first kappa shape index (κ1) is 16.6. The molecule has 0 saturated carbocycles. The van der Waals surface area contributed by atoms with Crippen molar-refractivity contribution >= 4 is 23.2 Å². The van der Waals surface area contributed by atoms with E-state index in [1.165, 1.54) is 4.90 Å². The first-order chi connectivity index (χ1) is 11.5. The van der Waals surface area contributed by atoms with Crippen LogP contribution in [0.25, 0.3) is 0 Å². The number of piperazine rings is 1. The number of rotatable bonds is 4. The van der Waals surface area contributed by atoms with Gasteiger partial charge in [0.25, 0.3) is 0 Å². The van der Waals surface area contributed by atoms with Gasteiger partial charge < -0.3 is 9.80 Å². The zero-order valence-corrected chi connectivity index (χ0v) is 15.0. The molecule has 0 spiro atoms. The zero-order valence-electron chi connectivity index (χ0n) is 14.2. The van der Waals surface area contributed by atoms with Gasteiger partial charge in [-0.05, 0) is 19.4 Å². The molecule has 0 bridgehead atoms. The second-order valence-corrected chi connectivity index (χ2v) is 7.46. The first-order valence-electron chi connectivity index (χ1n) is 7.97. The van der Waals surface area contributed by atoms with Gasteiger partial charge in [-0.15, -0.1) is 11.3 Å². The third-order valence-corrected chi connectivity index (χ3v) is 5.44. The van der Waals surface area contributed by atoms with Gasteiger partial charge in [0, 0.05) is 18.3 Å². The summed E-state index contributed by atoms with van der Waals surface area (Å²) in [5.41, 5.74) is 2.04. The molecule has 0 unspecified atom stereocenters. The summed E-state index contributed by atoms with van der Waals surface area (Å²) in [7, 11) is 1.69. The quantitative estimate of drug-likeness (QED) is 0.855. The minimum atomic E-state index is -0.469. The van der Waals surface area contributed by atoms with Gasteiger partial charge in [-0.1, -0.05) is 30.3 Å². The van der Waals surface area contributed by atoms with Crippen LogP contribution in [-0.2, 0) is 22.6 Å². The Labute approximate surface area is 145 Å². The van der Waals surface area contributed by atoms with Crippen molar-refractivity contribution < 1.29 is 9.59 Å². The highest BCUT2D eigenvalue weighted by molar-refractivity contribution is 7.11. The van der Waals surface area contributed by atoms with E-state index in [0.717, 1.165) is 21.1 Å². The van der Waals surface area contributed by atoms with E-state index in [0.29, 0.717) is 13.0 Å². The Balaban J connectivity index is 1.87. The molecule has 0 aliphatic carbocycles. The molecule has 0 radical (unpaired) electrons. The normalized spacial score (nSPS) is 18.4. The molecule has 1 atom stereocenters. The van der Waals surface area contributed by atoms with Crippen molar-refractivity contribution in [3.05, 3.63) is 51.5 Å². The first-order valence-corrected chi connectivity index (χ1v) is 8.78. The van der Waals surface area contributed by atoms with E-state index >= 15 is 0 Å².